The summed E-state index contributed by atoms with van der Waals surface area (Å²) in [5, 5.41) is 0. The van der Waals surface area contributed by atoms with Crippen LogP contribution in [0.25, 0.3) is 0 Å². The van der Waals surface area contributed by atoms with Gasteiger partial charge in [0.15, 0.2) is 11.6 Å². The van der Waals surface area contributed by atoms with Gasteiger partial charge in [0, 0.05) is 25.7 Å². The summed E-state index contributed by atoms with van der Waals surface area (Å²) >= 11 is 0. The lowest BCUT2D eigenvalue weighted by atomic mass is 9.57. The highest BCUT2D eigenvalue weighted by Crippen LogP contribution is 2.52. The van der Waals surface area contributed by atoms with E-state index in [2.05, 4.69) is 41.2 Å². The Labute approximate surface area is 182 Å². The van der Waals surface area contributed by atoms with Crippen LogP contribution in [0.5, 0.6) is 0 Å². The highest BCUT2D eigenvalue weighted by molar-refractivity contribution is 5.93. The Balaban J connectivity index is 0.000000172. The van der Waals surface area contributed by atoms with Crippen molar-refractivity contribution >= 4 is 17.3 Å². The Hall–Kier alpha value is -1.77. The summed E-state index contributed by atoms with van der Waals surface area (Å²) in [6.07, 6.45) is 10.5. The second-order valence-electron chi connectivity index (χ2n) is 10.8. The molecule has 5 atom stereocenters. The number of hydrogen-bond donors (Lipinski definition) is 0. The molecule has 0 aromatic heterocycles. The normalized spacial score (nSPS) is 38.4. The second kappa shape index (κ2) is 8.40. The maximum absolute atomic E-state index is 11.6. The van der Waals surface area contributed by atoms with Crippen molar-refractivity contribution in [3.05, 3.63) is 35.5 Å². The molecule has 2 fully saturated rings. The summed E-state index contributed by atoms with van der Waals surface area (Å²) in [5.41, 5.74) is 4.14. The molecule has 4 aliphatic rings. The van der Waals surface area contributed by atoms with Gasteiger partial charge in [-0.2, -0.15) is 0 Å². The van der Waals surface area contributed by atoms with Crippen LogP contribution in [0.2, 0.25) is 0 Å². The molecular formula is C27H38O3. The summed E-state index contributed by atoms with van der Waals surface area (Å²) in [6.45, 7) is 15.0. The van der Waals surface area contributed by atoms with Crippen molar-refractivity contribution in [2.24, 2.45) is 28.6 Å². The molecule has 0 aliphatic heterocycles. The monoisotopic (exact) mass is 410 g/mol. The number of fused-ring (bicyclic) bond motifs is 2. The van der Waals surface area contributed by atoms with Gasteiger partial charge in [-0.25, -0.2) is 0 Å². The van der Waals surface area contributed by atoms with Crippen molar-refractivity contribution in [2.75, 3.05) is 0 Å². The van der Waals surface area contributed by atoms with Gasteiger partial charge in [0.1, 0.15) is 5.78 Å². The standard InChI is InChI=1S/C15H22O.C12H16O2/c1-10(2)12-5-6-13-8-14(16)7-11(3)15(13,4)9-12;1-8-5-11(14)6-9-3-4-10(13)7-12(8,9)2/h8,11-12H,1,5-7,9H2,2-4H3;6,8H,3-5,7H2,1-2H3/t11-,12-,15+;8-,12+/m11/s1. The Morgan fingerprint density at radius 1 is 0.900 bits per heavy atom. The fourth-order valence-corrected chi connectivity index (χ4v) is 6.00. The molecule has 0 radical (unpaired) electrons. The van der Waals surface area contributed by atoms with Gasteiger partial charge in [-0.05, 0) is 73.3 Å². The molecule has 0 amide bonds. The molecule has 30 heavy (non-hydrogen) atoms. The number of carbonyl (C=O) groups is 3. The summed E-state index contributed by atoms with van der Waals surface area (Å²) in [7, 11) is 0. The molecule has 4 aliphatic carbocycles. The molecular weight excluding hydrogens is 372 g/mol. The van der Waals surface area contributed by atoms with Crippen LogP contribution in [-0.4, -0.2) is 17.3 Å². The van der Waals surface area contributed by atoms with Gasteiger partial charge in [-0.3, -0.25) is 14.4 Å². The molecule has 0 spiro atoms. The molecule has 0 heterocycles. The zero-order valence-electron chi connectivity index (χ0n) is 19.5. The first-order chi connectivity index (χ1) is 14.0. The number of carbonyl (C=O) groups excluding carboxylic acids is 3. The van der Waals surface area contributed by atoms with E-state index in [4.69, 9.17) is 0 Å². The highest BCUT2D eigenvalue weighted by atomic mass is 16.1. The Morgan fingerprint density at radius 3 is 2.00 bits per heavy atom. The number of ketones is 3. The third-order valence-corrected chi connectivity index (χ3v) is 8.69. The first-order valence-electron chi connectivity index (χ1n) is 11.6. The molecule has 4 rings (SSSR count). The molecule has 0 bridgehead atoms. The van der Waals surface area contributed by atoms with Gasteiger partial charge in [-0.1, -0.05) is 51.0 Å². The third kappa shape index (κ3) is 4.31. The Morgan fingerprint density at radius 2 is 1.43 bits per heavy atom. The maximum Gasteiger partial charge on any atom is 0.155 e. The number of hydrogen-bond acceptors (Lipinski definition) is 3. The maximum atomic E-state index is 11.6. The van der Waals surface area contributed by atoms with Crippen LogP contribution in [0, 0.1) is 28.6 Å². The predicted octanol–water partition coefficient (Wildman–Crippen LogP) is 6.19. The average molecular weight is 411 g/mol. The first-order valence-corrected chi connectivity index (χ1v) is 11.6. The van der Waals surface area contributed by atoms with Gasteiger partial charge < -0.3 is 0 Å². The largest absolute Gasteiger partial charge is 0.300 e. The lowest BCUT2D eigenvalue weighted by Gasteiger charge is -2.47. The molecule has 0 unspecified atom stereocenters. The van der Waals surface area contributed by atoms with E-state index in [1.54, 1.807) is 6.08 Å². The van der Waals surface area contributed by atoms with E-state index in [-0.39, 0.29) is 16.6 Å². The van der Waals surface area contributed by atoms with Gasteiger partial charge in [0.25, 0.3) is 0 Å². The molecule has 164 valence electrons. The van der Waals surface area contributed by atoms with Crippen molar-refractivity contribution in [1.82, 2.24) is 0 Å². The van der Waals surface area contributed by atoms with E-state index in [1.807, 2.05) is 6.08 Å². The van der Waals surface area contributed by atoms with E-state index < -0.39 is 0 Å². The Kier molecular flexibility index (Phi) is 6.41. The van der Waals surface area contributed by atoms with Crippen LogP contribution >= 0.6 is 0 Å². The molecule has 3 heteroatoms. The van der Waals surface area contributed by atoms with Crippen molar-refractivity contribution in [3.8, 4) is 0 Å². The van der Waals surface area contributed by atoms with Crippen LogP contribution in [-0.2, 0) is 14.4 Å². The van der Waals surface area contributed by atoms with Crippen LogP contribution in [0.3, 0.4) is 0 Å². The topological polar surface area (TPSA) is 51.2 Å². The van der Waals surface area contributed by atoms with Gasteiger partial charge in [-0.15, -0.1) is 0 Å². The molecule has 0 N–H and O–H groups in total. The fourth-order valence-electron chi connectivity index (χ4n) is 6.00. The smallest absolute Gasteiger partial charge is 0.155 e. The van der Waals surface area contributed by atoms with Gasteiger partial charge in [0.05, 0.1) is 0 Å². The van der Waals surface area contributed by atoms with Gasteiger partial charge >= 0.3 is 0 Å². The molecule has 0 saturated heterocycles. The highest BCUT2D eigenvalue weighted by Gasteiger charge is 2.44. The van der Waals surface area contributed by atoms with Gasteiger partial charge in [0.2, 0.25) is 0 Å². The third-order valence-electron chi connectivity index (χ3n) is 8.69. The van der Waals surface area contributed by atoms with Crippen LogP contribution in [0.15, 0.2) is 35.5 Å². The summed E-state index contributed by atoms with van der Waals surface area (Å²) in [4.78, 5) is 34.4. The van der Waals surface area contributed by atoms with Crippen LogP contribution < -0.4 is 0 Å². The first kappa shape index (κ1) is 22.9. The van der Waals surface area contributed by atoms with E-state index >= 15 is 0 Å². The molecule has 2 saturated carbocycles. The van der Waals surface area contributed by atoms with E-state index in [9.17, 15) is 14.4 Å². The van der Waals surface area contributed by atoms with Crippen molar-refractivity contribution in [2.45, 2.75) is 86.0 Å². The molecule has 0 aromatic carbocycles. The number of Topliss-reactive ketones (excluding diaryl/α,β-unsaturated/α-hetero) is 1. The molecule has 0 aromatic rings. The number of rotatable bonds is 1. The lowest BCUT2D eigenvalue weighted by molar-refractivity contribution is -0.125. The van der Waals surface area contributed by atoms with Crippen LogP contribution in [0.4, 0.5) is 0 Å². The van der Waals surface area contributed by atoms with Crippen molar-refractivity contribution in [1.29, 1.82) is 0 Å². The average Bonchev–Trinajstić information content (AvgIpc) is 2.64. The SMILES string of the molecule is C=C(C)[C@@H]1CCC2=CC(=O)C[C@@H](C)[C@]2(C)C1.C[C@@H]1CC(=O)C=C2CCC(=O)C[C@]21C. The molecule has 3 nitrogen and oxygen atoms in total. The van der Waals surface area contributed by atoms with Crippen molar-refractivity contribution < 1.29 is 14.4 Å². The van der Waals surface area contributed by atoms with Crippen molar-refractivity contribution in [3.63, 3.8) is 0 Å². The number of allylic oxidation sites excluding steroid dienone is 5. The van der Waals surface area contributed by atoms with Crippen LogP contribution in [0.1, 0.15) is 86.0 Å². The quantitative estimate of drug-likeness (QED) is 0.485. The lowest BCUT2D eigenvalue weighted by Crippen LogP contribution is -2.38. The zero-order chi connectivity index (χ0) is 22.3. The van der Waals surface area contributed by atoms with E-state index in [0.717, 1.165) is 19.3 Å². The summed E-state index contributed by atoms with van der Waals surface area (Å²) in [5.74, 6) is 2.37. The Bertz CT molecular complexity index is 829. The minimum Gasteiger partial charge on any atom is -0.300 e. The fraction of sp³-hybridized carbons (Fsp3) is 0.667. The van der Waals surface area contributed by atoms with E-state index in [1.165, 1.54) is 29.6 Å². The zero-order valence-corrected chi connectivity index (χ0v) is 19.5. The van der Waals surface area contributed by atoms with E-state index in [0.29, 0.717) is 48.6 Å². The predicted molar refractivity (Wildman–Crippen MR) is 121 cm³/mol. The summed E-state index contributed by atoms with van der Waals surface area (Å²) < 4.78 is 0. The minimum atomic E-state index is -0.0246. The second-order valence-corrected chi connectivity index (χ2v) is 10.8. The summed E-state index contributed by atoms with van der Waals surface area (Å²) in [6, 6.07) is 0. The minimum absolute atomic E-state index is 0.0246.